The number of oxazole rings is 1. The van der Waals surface area contributed by atoms with Crippen molar-refractivity contribution in [3.8, 4) is 23.0 Å². The number of hydrogen-bond acceptors (Lipinski definition) is 6. The monoisotopic (exact) mass is 409 g/mol. The van der Waals surface area contributed by atoms with Gasteiger partial charge in [0.1, 0.15) is 17.0 Å². The molecule has 1 amide bonds. The molecule has 0 aliphatic rings. The van der Waals surface area contributed by atoms with Crippen molar-refractivity contribution in [3.05, 3.63) is 65.9 Å². The van der Waals surface area contributed by atoms with E-state index in [9.17, 15) is 4.79 Å². The van der Waals surface area contributed by atoms with E-state index in [0.717, 1.165) is 0 Å². The van der Waals surface area contributed by atoms with Crippen molar-refractivity contribution in [2.24, 2.45) is 0 Å². The quantitative estimate of drug-likeness (QED) is 0.502. The van der Waals surface area contributed by atoms with Gasteiger partial charge >= 0.3 is 0 Å². The van der Waals surface area contributed by atoms with Gasteiger partial charge in [-0.1, -0.05) is 23.7 Å². The average molecular weight is 410 g/mol. The van der Waals surface area contributed by atoms with Crippen LogP contribution in [0.4, 0.5) is 5.69 Å². The highest BCUT2D eigenvalue weighted by Crippen LogP contribution is 2.32. The summed E-state index contributed by atoms with van der Waals surface area (Å²) in [4.78, 5) is 20.8. The lowest BCUT2D eigenvalue weighted by atomic mass is 10.2. The number of nitrogens with zero attached hydrogens (tertiary/aromatic N) is 2. The van der Waals surface area contributed by atoms with Crippen LogP contribution in [-0.2, 0) is 4.79 Å². The summed E-state index contributed by atoms with van der Waals surface area (Å²) in [6, 6.07) is 13.9. The number of rotatable bonds is 6. The number of hydrogen-bond donors (Lipinski definition) is 1. The number of pyridine rings is 1. The molecule has 0 atom stereocenters. The molecule has 0 fully saturated rings. The van der Waals surface area contributed by atoms with Crippen molar-refractivity contribution in [3.63, 3.8) is 0 Å². The maximum atomic E-state index is 12.4. The Hall–Kier alpha value is -3.58. The number of carbonyl (C=O) groups excluding carboxylic acids is 1. The summed E-state index contributed by atoms with van der Waals surface area (Å²) in [6.07, 6.45) is 3.26. The minimum atomic E-state index is -0.359. The SMILES string of the molecule is COc1ccc(-c2nc3cnccc3o2)cc1NC(=O)COc1ccccc1Cl. The van der Waals surface area contributed by atoms with Gasteiger partial charge in [0.25, 0.3) is 5.91 Å². The lowest BCUT2D eigenvalue weighted by Crippen LogP contribution is -2.20. The average Bonchev–Trinajstić information content (AvgIpc) is 3.17. The maximum Gasteiger partial charge on any atom is 0.262 e. The number of amides is 1. The fourth-order valence-electron chi connectivity index (χ4n) is 2.73. The number of para-hydroxylation sites is 1. The van der Waals surface area contributed by atoms with E-state index in [-0.39, 0.29) is 12.5 Å². The number of fused-ring (bicyclic) bond motifs is 1. The van der Waals surface area contributed by atoms with Gasteiger partial charge in [0.2, 0.25) is 5.89 Å². The van der Waals surface area contributed by atoms with Gasteiger partial charge in [-0.2, -0.15) is 0 Å². The Bertz CT molecular complexity index is 1140. The van der Waals surface area contributed by atoms with Crippen LogP contribution < -0.4 is 14.8 Å². The van der Waals surface area contributed by atoms with Crippen LogP contribution in [0.25, 0.3) is 22.6 Å². The third-order valence-electron chi connectivity index (χ3n) is 4.11. The second-order valence-corrected chi connectivity index (χ2v) is 6.45. The van der Waals surface area contributed by atoms with E-state index in [1.54, 1.807) is 60.9 Å². The lowest BCUT2D eigenvalue weighted by molar-refractivity contribution is -0.118. The molecule has 2 aromatic heterocycles. The van der Waals surface area contributed by atoms with Gasteiger partial charge in [-0.15, -0.1) is 0 Å². The molecular formula is C21H16ClN3O4. The molecule has 0 saturated heterocycles. The second-order valence-electron chi connectivity index (χ2n) is 6.04. The molecule has 29 heavy (non-hydrogen) atoms. The fourth-order valence-corrected chi connectivity index (χ4v) is 2.92. The summed E-state index contributed by atoms with van der Waals surface area (Å²) in [6.45, 7) is -0.203. The van der Waals surface area contributed by atoms with E-state index >= 15 is 0 Å². The van der Waals surface area contributed by atoms with Crippen molar-refractivity contribution in [1.82, 2.24) is 9.97 Å². The first kappa shape index (κ1) is 18.8. The number of aromatic nitrogens is 2. The predicted octanol–water partition coefficient (Wildman–Crippen LogP) is 4.57. The largest absolute Gasteiger partial charge is 0.495 e. The van der Waals surface area contributed by atoms with Gasteiger partial charge in [0.05, 0.1) is 24.0 Å². The highest BCUT2D eigenvalue weighted by Gasteiger charge is 2.14. The summed E-state index contributed by atoms with van der Waals surface area (Å²) in [5.74, 6) is 0.989. The van der Waals surface area contributed by atoms with Crippen LogP contribution in [-0.4, -0.2) is 29.6 Å². The maximum absolute atomic E-state index is 12.4. The van der Waals surface area contributed by atoms with Crippen molar-refractivity contribution >= 4 is 34.3 Å². The van der Waals surface area contributed by atoms with Gasteiger partial charge in [0, 0.05) is 17.8 Å². The second kappa shape index (κ2) is 8.20. The molecule has 8 heteroatoms. The van der Waals surface area contributed by atoms with Gasteiger partial charge in [-0.05, 0) is 30.3 Å². The first-order valence-electron chi connectivity index (χ1n) is 8.70. The number of carbonyl (C=O) groups is 1. The molecule has 0 aliphatic carbocycles. The summed E-state index contributed by atoms with van der Waals surface area (Å²) in [5.41, 5.74) is 2.43. The van der Waals surface area contributed by atoms with Crippen LogP contribution in [0.3, 0.4) is 0 Å². The molecule has 0 unspecified atom stereocenters. The van der Waals surface area contributed by atoms with Crippen molar-refractivity contribution < 1.29 is 18.7 Å². The van der Waals surface area contributed by atoms with Crippen LogP contribution in [0, 0.1) is 0 Å². The normalized spacial score (nSPS) is 10.7. The van der Waals surface area contributed by atoms with Crippen LogP contribution in [0.5, 0.6) is 11.5 Å². The van der Waals surface area contributed by atoms with Crippen LogP contribution in [0.1, 0.15) is 0 Å². The molecule has 2 aromatic carbocycles. The summed E-state index contributed by atoms with van der Waals surface area (Å²) in [5, 5.41) is 3.22. The Labute approximate surface area is 171 Å². The Kier molecular flexibility index (Phi) is 5.31. The Morgan fingerprint density at radius 2 is 2.03 bits per heavy atom. The molecular weight excluding hydrogens is 394 g/mol. The van der Waals surface area contributed by atoms with E-state index in [1.165, 1.54) is 7.11 Å². The van der Waals surface area contributed by atoms with E-state index in [0.29, 0.717) is 44.8 Å². The van der Waals surface area contributed by atoms with E-state index in [4.69, 9.17) is 25.5 Å². The fraction of sp³-hybridized carbons (Fsp3) is 0.0952. The van der Waals surface area contributed by atoms with E-state index < -0.39 is 0 Å². The topological polar surface area (TPSA) is 86.5 Å². The number of nitrogens with one attached hydrogen (secondary N) is 1. The molecule has 1 N–H and O–H groups in total. The molecule has 0 saturated carbocycles. The van der Waals surface area contributed by atoms with Crippen molar-refractivity contribution in [2.45, 2.75) is 0 Å². The molecule has 4 rings (SSSR count). The highest BCUT2D eigenvalue weighted by molar-refractivity contribution is 6.32. The molecule has 4 aromatic rings. The smallest absolute Gasteiger partial charge is 0.262 e. The van der Waals surface area contributed by atoms with Crippen LogP contribution >= 0.6 is 11.6 Å². The van der Waals surface area contributed by atoms with Crippen LogP contribution in [0.15, 0.2) is 65.3 Å². The van der Waals surface area contributed by atoms with Crippen molar-refractivity contribution in [1.29, 1.82) is 0 Å². The highest BCUT2D eigenvalue weighted by atomic mass is 35.5. The van der Waals surface area contributed by atoms with Gasteiger partial charge in [0.15, 0.2) is 12.2 Å². The lowest BCUT2D eigenvalue weighted by Gasteiger charge is -2.12. The molecule has 0 aliphatic heterocycles. The number of anilines is 1. The molecule has 0 spiro atoms. The summed E-state index contributed by atoms with van der Waals surface area (Å²) >= 11 is 6.04. The minimum absolute atomic E-state index is 0.203. The van der Waals surface area contributed by atoms with Gasteiger partial charge in [-0.25, -0.2) is 4.98 Å². The molecule has 146 valence electrons. The standard InChI is InChI=1S/C21H16ClN3O4/c1-27-18-7-6-13(21-25-16-11-23-9-8-19(16)29-21)10-15(18)24-20(26)12-28-17-5-3-2-4-14(17)22/h2-11H,12H2,1H3,(H,24,26). The minimum Gasteiger partial charge on any atom is -0.495 e. The van der Waals surface area contributed by atoms with Crippen LogP contribution in [0.2, 0.25) is 5.02 Å². The van der Waals surface area contributed by atoms with Crippen molar-refractivity contribution in [2.75, 3.05) is 19.0 Å². The van der Waals surface area contributed by atoms with E-state index in [2.05, 4.69) is 15.3 Å². The number of halogens is 1. The van der Waals surface area contributed by atoms with Gasteiger partial charge in [-0.3, -0.25) is 9.78 Å². The number of methoxy groups -OCH3 is 1. The Balaban J connectivity index is 1.53. The zero-order valence-electron chi connectivity index (χ0n) is 15.4. The first-order valence-corrected chi connectivity index (χ1v) is 9.08. The third-order valence-corrected chi connectivity index (χ3v) is 4.42. The molecule has 2 heterocycles. The van der Waals surface area contributed by atoms with Gasteiger partial charge < -0.3 is 19.2 Å². The zero-order valence-corrected chi connectivity index (χ0v) is 16.1. The molecule has 0 bridgehead atoms. The zero-order chi connectivity index (χ0) is 20.2. The third kappa shape index (κ3) is 4.14. The Morgan fingerprint density at radius 1 is 1.17 bits per heavy atom. The predicted molar refractivity (Wildman–Crippen MR) is 109 cm³/mol. The first-order chi connectivity index (χ1) is 14.1. The summed E-state index contributed by atoms with van der Waals surface area (Å²) < 4.78 is 16.6. The Morgan fingerprint density at radius 3 is 2.83 bits per heavy atom. The number of ether oxygens (including phenoxy) is 2. The van der Waals surface area contributed by atoms with E-state index in [1.807, 2.05) is 0 Å². The molecule has 7 nitrogen and oxygen atoms in total. The molecule has 0 radical (unpaired) electrons. The summed E-state index contributed by atoms with van der Waals surface area (Å²) in [7, 11) is 1.52. The number of benzene rings is 2.